The van der Waals surface area contributed by atoms with Gasteiger partial charge in [0.2, 0.25) is 5.91 Å². The van der Waals surface area contributed by atoms with Gasteiger partial charge in [0.05, 0.1) is 13.0 Å². The van der Waals surface area contributed by atoms with Crippen LogP contribution in [0.4, 0.5) is 17.6 Å². The fourth-order valence-corrected chi connectivity index (χ4v) is 1.46. The van der Waals surface area contributed by atoms with Gasteiger partial charge in [0.15, 0.2) is 0 Å². The third kappa shape index (κ3) is 4.76. The Bertz CT molecular complexity index is 491. The van der Waals surface area contributed by atoms with Gasteiger partial charge in [-0.15, -0.1) is 0 Å². The van der Waals surface area contributed by atoms with E-state index in [0.29, 0.717) is 11.1 Å². The zero-order chi connectivity index (χ0) is 15.3. The second-order valence-corrected chi connectivity index (χ2v) is 4.52. The largest absolute Gasteiger partial charge is 0.389 e. The molecule has 0 spiro atoms. The SMILES string of the molecule is NC(=S)c1ccc(CC(=O)NCC(F)(F)C(F)F)cc1. The van der Waals surface area contributed by atoms with E-state index < -0.39 is 24.8 Å². The summed E-state index contributed by atoms with van der Waals surface area (Å²) in [5, 5.41) is 1.77. The van der Waals surface area contributed by atoms with Gasteiger partial charge in [-0.3, -0.25) is 4.79 Å². The Labute approximate surface area is 118 Å². The highest BCUT2D eigenvalue weighted by atomic mass is 32.1. The van der Waals surface area contributed by atoms with E-state index in [9.17, 15) is 22.4 Å². The molecule has 1 rings (SSSR count). The van der Waals surface area contributed by atoms with Crippen LogP contribution in [0.3, 0.4) is 0 Å². The van der Waals surface area contributed by atoms with Gasteiger partial charge in [0.1, 0.15) is 4.99 Å². The molecular formula is C12H12F4N2OS. The molecule has 0 aliphatic heterocycles. The second kappa shape index (κ2) is 6.65. The lowest BCUT2D eigenvalue weighted by atomic mass is 10.1. The Morgan fingerprint density at radius 3 is 2.30 bits per heavy atom. The first kappa shape index (κ1) is 16.4. The van der Waals surface area contributed by atoms with E-state index in [4.69, 9.17) is 18.0 Å². The first-order valence-corrected chi connectivity index (χ1v) is 5.94. The molecule has 0 saturated heterocycles. The van der Waals surface area contributed by atoms with Crippen molar-refractivity contribution in [2.45, 2.75) is 18.8 Å². The number of nitrogens with one attached hydrogen (secondary N) is 1. The van der Waals surface area contributed by atoms with Gasteiger partial charge in [-0.05, 0) is 5.56 Å². The molecule has 0 saturated carbocycles. The molecule has 0 aromatic heterocycles. The maximum Gasteiger partial charge on any atom is 0.324 e. The van der Waals surface area contributed by atoms with Crippen molar-refractivity contribution in [3.05, 3.63) is 35.4 Å². The number of nitrogens with two attached hydrogens (primary N) is 1. The van der Waals surface area contributed by atoms with Crippen molar-refractivity contribution in [2.75, 3.05) is 6.54 Å². The van der Waals surface area contributed by atoms with Crippen molar-refractivity contribution >= 4 is 23.1 Å². The number of halogens is 4. The summed E-state index contributed by atoms with van der Waals surface area (Å²) >= 11 is 4.74. The van der Waals surface area contributed by atoms with Crippen molar-refractivity contribution in [2.24, 2.45) is 5.73 Å². The van der Waals surface area contributed by atoms with Gasteiger partial charge in [0.25, 0.3) is 0 Å². The molecule has 0 radical (unpaired) electrons. The molecular weight excluding hydrogens is 296 g/mol. The Kier molecular flexibility index (Phi) is 5.43. The first-order valence-electron chi connectivity index (χ1n) is 5.54. The van der Waals surface area contributed by atoms with Crippen LogP contribution >= 0.6 is 12.2 Å². The minimum Gasteiger partial charge on any atom is -0.389 e. The number of carbonyl (C=O) groups is 1. The minimum absolute atomic E-state index is 0.192. The summed E-state index contributed by atoms with van der Waals surface area (Å²) in [4.78, 5) is 11.6. The van der Waals surface area contributed by atoms with E-state index in [1.165, 1.54) is 0 Å². The summed E-state index contributed by atoms with van der Waals surface area (Å²) in [6, 6.07) is 6.27. The summed E-state index contributed by atoms with van der Waals surface area (Å²) in [6.45, 7) is -1.39. The molecule has 0 heterocycles. The van der Waals surface area contributed by atoms with Crippen LogP contribution in [0.15, 0.2) is 24.3 Å². The van der Waals surface area contributed by atoms with E-state index in [0.717, 1.165) is 0 Å². The molecule has 1 aromatic carbocycles. The summed E-state index contributed by atoms with van der Waals surface area (Å²) in [5.74, 6) is -5.00. The summed E-state index contributed by atoms with van der Waals surface area (Å²) < 4.78 is 49.0. The maximum absolute atomic E-state index is 12.6. The normalized spacial score (nSPS) is 11.4. The second-order valence-electron chi connectivity index (χ2n) is 4.08. The van der Waals surface area contributed by atoms with Crippen LogP contribution in [-0.4, -0.2) is 29.8 Å². The van der Waals surface area contributed by atoms with Crippen molar-refractivity contribution in [3.63, 3.8) is 0 Å². The zero-order valence-electron chi connectivity index (χ0n) is 10.2. The predicted molar refractivity (Wildman–Crippen MR) is 70.0 cm³/mol. The molecule has 0 atom stereocenters. The van der Waals surface area contributed by atoms with E-state index in [-0.39, 0.29) is 11.4 Å². The number of carbonyl (C=O) groups excluding carboxylic acids is 1. The van der Waals surface area contributed by atoms with E-state index in [1.54, 1.807) is 29.6 Å². The van der Waals surface area contributed by atoms with Crippen LogP contribution in [0.1, 0.15) is 11.1 Å². The molecule has 0 bridgehead atoms. The molecule has 20 heavy (non-hydrogen) atoms. The van der Waals surface area contributed by atoms with Gasteiger partial charge in [-0.25, -0.2) is 8.78 Å². The minimum atomic E-state index is -4.23. The monoisotopic (exact) mass is 308 g/mol. The summed E-state index contributed by atoms with van der Waals surface area (Å²) in [5.41, 5.74) is 6.52. The number of hydrogen-bond acceptors (Lipinski definition) is 2. The third-order valence-electron chi connectivity index (χ3n) is 2.44. The Morgan fingerprint density at radius 2 is 1.85 bits per heavy atom. The number of thiocarbonyl (C=S) groups is 1. The predicted octanol–water partition coefficient (Wildman–Crippen LogP) is 1.88. The van der Waals surface area contributed by atoms with E-state index in [1.807, 2.05) is 0 Å². The zero-order valence-corrected chi connectivity index (χ0v) is 11.0. The van der Waals surface area contributed by atoms with Crippen molar-refractivity contribution in [3.8, 4) is 0 Å². The highest BCUT2D eigenvalue weighted by Crippen LogP contribution is 2.21. The van der Waals surface area contributed by atoms with E-state index in [2.05, 4.69) is 0 Å². The lowest BCUT2D eigenvalue weighted by Crippen LogP contribution is -2.41. The topological polar surface area (TPSA) is 55.1 Å². The Morgan fingerprint density at radius 1 is 1.30 bits per heavy atom. The summed E-state index contributed by atoms with van der Waals surface area (Å²) in [7, 11) is 0. The van der Waals surface area contributed by atoms with Crippen LogP contribution < -0.4 is 11.1 Å². The standard InChI is InChI=1S/C12H12F4N2OS/c13-11(14)12(15,16)6-18-9(19)5-7-1-3-8(4-2-7)10(17)20/h1-4,11H,5-6H2,(H2,17,20)(H,18,19). The van der Waals surface area contributed by atoms with Crippen molar-refractivity contribution < 1.29 is 22.4 Å². The molecule has 3 nitrogen and oxygen atoms in total. The lowest BCUT2D eigenvalue weighted by Gasteiger charge is -2.15. The van der Waals surface area contributed by atoms with Gasteiger partial charge < -0.3 is 11.1 Å². The number of amides is 1. The fourth-order valence-electron chi connectivity index (χ4n) is 1.33. The van der Waals surface area contributed by atoms with Gasteiger partial charge in [0, 0.05) is 5.56 Å². The number of hydrogen-bond donors (Lipinski definition) is 2. The highest BCUT2D eigenvalue weighted by molar-refractivity contribution is 7.80. The first-order chi connectivity index (χ1) is 9.22. The molecule has 0 aliphatic carbocycles. The number of alkyl halides is 4. The van der Waals surface area contributed by atoms with Gasteiger partial charge in [-0.2, -0.15) is 8.78 Å². The van der Waals surface area contributed by atoms with Crippen molar-refractivity contribution in [1.29, 1.82) is 0 Å². The van der Waals surface area contributed by atoms with E-state index >= 15 is 0 Å². The smallest absolute Gasteiger partial charge is 0.324 e. The van der Waals surface area contributed by atoms with Crippen LogP contribution in [0, 0.1) is 0 Å². The van der Waals surface area contributed by atoms with Gasteiger partial charge >= 0.3 is 12.3 Å². The average molecular weight is 308 g/mol. The van der Waals surface area contributed by atoms with Crippen LogP contribution in [-0.2, 0) is 11.2 Å². The fraction of sp³-hybridized carbons (Fsp3) is 0.333. The van der Waals surface area contributed by atoms with Crippen LogP contribution in [0.25, 0.3) is 0 Å². The Hall–Kier alpha value is -1.70. The molecule has 0 fully saturated rings. The average Bonchev–Trinajstić information content (AvgIpc) is 2.37. The number of benzene rings is 1. The van der Waals surface area contributed by atoms with Crippen molar-refractivity contribution in [1.82, 2.24) is 5.32 Å². The number of rotatable bonds is 6. The third-order valence-corrected chi connectivity index (χ3v) is 2.68. The highest BCUT2D eigenvalue weighted by Gasteiger charge is 2.40. The molecule has 1 amide bonds. The summed E-state index contributed by atoms with van der Waals surface area (Å²) in [6.07, 6.45) is -4.01. The quantitative estimate of drug-likeness (QED) is 0.623. The molecule has 0 unspecified atom stereocenters. The van der Waals surface area contributed by atoms with Gasteiger partial charge in [-0.1, -0.05) is 36.5 Å². The maximum atomic E-state index is 12.6. The molecule has 8 heteroatoms. The molecule has 1 aromatic rings. The van der Waals surface area contributed by atoms with Crippen LogP contribution in [0.5, 0.6) is 0 Å². The Balaban J connectivity index is 2.52. The molecule has 110 valence electrons. The molecule has 3 N–H and O–H groups in total. The molecule has 0 aliphatic rings. The lowest BCUT2D eigenvalue weighted by molar-refractivity contribution is -0.136. The van der Waals surface area contributed by atoms with Crippen LogP contribution in [0.2, 0.25) is 0 Å².